The molecule has 0 aliphatic carbocycles. The maximum Gasteiger partial charge on any atom is 0.198 e. The van der Waals surface area contributed by atoms with Crippen LogP contribution >= 0.6 is 7.92 Å². The van der Waals surface area contributed by atoms with Crippen molar-refractivity contribution in [3.63, 3.8) is 0 Å². The predicted octanol–water partition coefficient (Wildman–Crippen LogP) is 7.71. The van der Waals surface area contributed by atoms with Gasteiger partial charge in [0.2, 0.25) is 0 Å². The van der Waals surface area contributed by atoms with Gasteiger partial charge in [0, 0.05) is 26.0 Å². The Labute approximate surface area is 241 Å². The molecule has 0 saturated carbocycles. The van der Waals surface area contributed by atoms with E-state index in [9.17, 15) is 0 Å². The Morgan fingerprint density at radius 3 is 1.38 bits per heavy atom. The summed E-state index contributed by atoms with van der Waals surface area (Å²) in [7, 11) is -4.21. The molecule has 4 aromatic carbocycles. The summed E-state index contributed by atoms with van der Waals surface area (Å²) in [5, 5.41) is 4.28. The average molecular weight is 632 g/mol. The standard InChI is InChI=1S/C24H19P.C8H18OSi2.Pd/c1-4-12-20(13-5-1)23-18-10-11-19-24(23)25(21-14-6-2-7-15-21)22-16-8-3-9-17-22;1-7-10(3,4)9-11(5,6)8-2;/h1-19H;7-8H,1-2H2,3-6H3;/p+1. The minimum atomic E-state index is -1.58. The Balaban J connectivity index is 0.000000344. The van der Waals surface area contributed by atoms with Crippen LogP contribution in [0.2, 0.25) is 26.2 Å². The Hall–Kier alpha value is -2.15. The van der Waals surface area contributed by atoms with Gasteiger partial charge < -0.3 is 4.12 Å². The summed E-state index contributed by atoms with van der Waals surface area (Å²) in [6.07, 6.45) is 0. The molecule has 0 radical (unpaired) electrons. The first kappa shape index (κ1) is 31.1. The van der Waals surface area contributed by atoms with Gasteiger partial charge in [0.1, 0.15) is 15.9 Å². The Bertz CT molecular complexity index is 1190. The summed E-state index contributed by atoms with van der Waals surface area (Å²) < 4.78 is 5.97. The van der Waals surface area contributed by atoms with Crippen LogP contribution in [0.4, 0.5) is 0 Å². The van der Waals surface area contributed by atoms with Gasteiger partial charge in [-0.3, -0.25) is 0 Å². The topological polar surface area (TPSA) is 9.23 Å². The van der Waals surface area contributed by atoms with Gasteiger partial charge in [-0.25, -0.2) is 0 Å². The van der Waals surface area contributed by atoms with Gasteiger partial charge in [-0.2, -0.15) is 0 Å². The molecule has 0 saturated heterocycles. The molecule has 4 rings (SSSR count). The van der Waals surface area contributed by atoms with E-state index in [2.05, 4.69) is 155 Å². The van der Waals surface area contributed by atoms with Crippen molar-refractivity contribution in [2.75, 3.05) is 0 Å². The summed E-state index contributed by atoms with van der Waals surface area (Å²) in [4.78, 5) is 0. The van der Waals surface area contributed by atoms with Crippen molar-refractivity contribution in [1.82, 2.24) is 0 Å². The van der Waals surface area contributed by atoms with Gasteiger partial charge in [-0.1, -0.05) is 96.3 Å². The molecule has 0 aromatic heterocycles. The van der Waals surface area contributed by atoms with Crippen molar-refractivity contribution in [2.24, 2.45) is 0 Å². The van der Waals surface area contributed by atoms with Crippen LogP contribution in [0.3, 0.4) is 0 Å². The molecule has 0 atom stereocenters. The minimum absolute atomic E-state index is 0. The maximum atomic E-state index is 5.97. The van der Waals surface area contributed by atoms with Crippen molar-refractivity contribution in [2.45, 2.75) is 26.2 Å². The second kappa shape index (κ2) is 14.7. The molecule has 5 heteroatoms. The second-order valence-electron chi connectivity index (χ2n) is 9.74. The monoisotopic (exact) mass is 631 g/mol. The zero-order chi connectivity index (χ0) is 26.0. The molecular weight excluding hydrogens is 594 g/mol. The van der Waals surface area contributed by atoms with Gasteiger partial charge in [0.25, 0.3) is 0 Å². The molecule has 0 N–H and O–H groups in total. The third-order valence-corrected chi connectivity index (χ3v) is 14.9. The molecule has 37 heavy (non-hydrogen) atoms. The van der Waals surface area contributed by atoms with E-state index in [-0.39, 0.29) is 20.4 Å². The molecule has 0 spiro atoms. The first-order chi connectivity index (χ1) is 17.3. The van der Waals surface area contributed by atoms with Crippen molar-refractivity contribution < 1.29 is 24.5 Å². The van der Waals surface area contributed by atoms with Crippen LogP contribution in [0.15, 0.2) is 140 Å². The molecule has 0 unspecified atom stereocenters. The number of hydrogen-bond donors (Lipinski definition) is 0. The Morgan fingerprint density at radius 2 is 0.946 bits per heavy atom. The van der Waals surface area contributed by atoms with Crippen molar-refractivity contribution in [1.29, 1.82) is 0 Å². The van der Waals surface area contributed by atoms with E-state index in [1.54, 1.807) is 0 Å². The minimum Gasteiger partial charge on any atom is -0.449 e. The van der Waals surface area contributed by atoms with Gasteiger partial charge in [0.15, 0.2) is 16.6 Å². The van der Waals surface area contributed by atoms with Gasteiger partial charge in [-0.05, 0) is 62.1 Å². The average Bonchev–Trinajstić information content (AvgIpc) is 2.91. The molecule has 4 aromatic rings. The summed E-state index contributed by atoms with van der Waals surface area (Å²) >= 11 is 0. The van der Waals surface area contributed by atoms with E-state index >= 15 is 0 Å². The molecule has 0 amide bonds. The number of benzene rings is 4. The Morgan fingerprint density at radius 1 is 0.568 bits per heavy atom. The van der Waals surface area contributed by atoms with Gasteiger partial charge in [-0.15, -0.1) is 13.2 Å². The third kappa shape index (κ3) is 9.27. The number of hydrogen-bond acceptors (Lipinski definition) is 1. The zero-order valence-corrected chi connectivity index (χ0v) is 26.8. The van der Waals surface area contributed by atoms with E-state index in [4.69, 9.17) is 4.12 Å². The molecule has 0 fully saturated rings. The second-order valence-corrected chi connectivity index (χ2v) is 20.2. The molecule has 194 valence electrons. The van der Waals surface area contributed by atoms with Crippen LogP contribution < -0.4 is 15.9 Å². The normalized spacial score (nSPS) is 11.1. The smallest absolute Gasteiger partial charge is 0.198 e. The van der Waals surface area contributed by atoms with Crippen molar-refractivity contribution >= 4 is 40.5 Å². The molecule has 0 bridgehead atoms. The van der Waals surface area contributed by atoms with Crippen LogP contribution in [-0.4, -0.2) is 16.6 Å². The summed E-state index contributed by atoms with van der Waals surface area (Å²) in [5.41, 5.74) is 6.55. The first-order valence-corrected chi connectivity index (χ1v) is 19.8. The van der Waals surface area contributed by atoms with Crippen LogP contribution in [0.1, 0.15) is 0 Å². The van der Waals surface area contributed by atoms with E-state index in [0.717, 1.165) is 0 Å². The van der Waals surface area contributed by atoms with Crippen LogP contribution in [-0.2, 0) is 24.5 Å². The van der Waals surface area contributed by atoms with E-state index in [1.165, 1.54) is 27.0 Å². The van der Waals surface area contributed by atoms with Crippen molar-refractivity contribution in [3.8, 4) is 11.1 Å². The van der Waals surface area contributed by atoms with E-state index in [1.807, 2.05) is 11.4 Å². The molecule has 0 heterocycles. The Kier molecular flexibility index (Phi) is 12.3. The van der Waals surface area contributed by atoms with Crippen LogP contribution in [0.25, 0.3) is 11.1 Å². The first-order valence-electron chi connectivity index (χ1n) is 12.4. The van der Waals surface area contributed by atoms with Gasteiger partial charge >= 0.3 is 0 Å². The molecular formula is C32H38OPPdSi2+. The third-order valence-electron chi connectivity index (χ3n) is 5.92. The van der Waals surface area contributed by atoms with E-state index in [0.29, 0.717) is 0 Å². The summed E-state index contributed by atoms with van der Waals surface area (Å²) in [6.45, 7) is 16.2. The predicted molar refractivity (Wildman–Crippen MR) is 168 cm³/mol. The van der Waals surface area contributed by atoms with Crippen LogP contribution in [0, 0.1) is 0 Å². The molecule has 0 aliphatic heterocycles. The number of rotatable bonds is 8. The SMILES string of the molecule is C=C[Si](C)(C)O[Si](C)(C)C=C.[Pd].c1ccc(-c2ccccc2[PH+](c2ccccc2)c2ccccc2)cc1. The van der Waals surface area contributed by atoms with Gasteiger partial charge in [0.05, 0.1) is 7.92 Å². The summed E-state index contributed by atoms with van der Waals surface area (Å²) in [5.74, 6) is 0. The largest absolute Gasteiger partial charge is 0.449 e. The fraction of sp³-hybridized carbons (Fsp3) is 0.125. The molecule has 0 aliphatic rings. The summed E-state index contributed by atoms with van der Waals surface area (Å²) in [6, 6.07) is 41.4. The molecule has 1 nitrogen and oxygen atoms in total. The van der Waals surface area contributed by atoms with E-state index < -0.39 is 24.6 Å². The fourth-order valence-corrected chi connectivity index (χ4v) is 12.9. The maximum absolute atomic E-state index is 5.97. The quantitative estimate of drug-likeness (QED) is 0.143. The fourth-order valence-electron chi connectivity index (χ4n) is 4.02. The zero-order valence-electron chi connectivity index (χ0n) is 22.3. The van der Waals surface area contributed by atoms with Crippen molar-refractivity contribution in [3.05, 3.63) is 140 Å². The van der Waals surface area contributed by atoms with Crippen LogP contribution in [0.5, 0.6) is 0 Å².